The van der Waals surface area contributed by atoms with E-state index in [0.717, 1.165) is 12.8 Å². The molecule has 3 heteroatoms. The van der Waals surface area contributed by atoms with Crippen LogP contribution in [0.4, 0.5) is 0 Å². The fourth-order valence-electron chi connectivity index (χ4n) is 2.04. The Bertz CT molecular complexity index is 315. The first-order valence-corrected chi connectivity index (χ1v) is 6.82. The SMILES string of the molecule is CCCCc1nc(CC2(N)CCC2)cs1. The van der Waals surface area contributed by atoms with Crippen LogP contribution in [0.5, 0.6) is 0 Å². The maximum atomic E-state index is 6.21. The molecule has 0 atom stereocenters. The van der Waals surface area contributed by atoms with Crippen molar-refractivity contribution in [2.75, 3.05) is 0 Å². The summed E-state index contributed by atoms with van der Waals surface area (Å²) in [6.45, 7) is 2.22. The normalized spacial score (nSPS) is 18.8. The molecule has 2 nitrogen and oxygen atoms in total. The van der Waals surface area contributed by atoms with Crippen molar-refractivity contribution < 1.29 is 0 Å². The van der Waals surface area contributed by atoms with E-state index in [2.05, 4.69) is 17.3 Å². The van der Waals surface area contributed by atoms with Crippen LogP contribution in [0.3, 0.4) is 0 Å². The van der Waals surface area contributed by atoms with Crippen molar-refractivity contribution in [3.8, 4) is 0 Å². The third-order valence-corrected chi connectivity index (χ3v) is 4.18. The smallest absolute Gasteiger partial charge is 0.0928 e. The molecule has 1 fully saturated rings. The molecular weight excluding hydrogens is 204 g/mol. The number of aryl methyl sites for hydroxylation is 1. The average molecular weight is 224 g/mol. The number of hydrogen-bond acceptors (Lipinski definition) is 3. The summed E-state index contributed by atoms with van der Waals surface area (Å²) in [7, 11) is 0. The van der Waals surface area contributed by atoms with E-state index in [1.54, 1.807) is 11.3 Å². The van der Waals surface area contributed by atoms with Gasteiger partial charge in [0.1, 0.15) is 0 Å². The van der Waals surface area contributed by atoms with E-state index in [1.165, 1.54) is 42.8 Å². The lowest BCUT2D eigenvalue weighted by molar-refractivity contribution is 0.246. The van der Waals surface area contributed by atoms with Crippen molar-refractivity contribution in [1.29, 1.82) is 0 Å². The van der Waals surface area contributed by atoms with Crippen molar-refractivity contribution in [3.05, 3.63) is 16.1 Å². The second-order valence-corrected chi connectivity index (χ2v) is 5.67. The molecule has 1 saturated carbocycles. The summed E-state index contributed by atoms with van der Waals surface area (Å²) >= 11 is 1.80. The van der Waals surface area contributed by atoms with Crippen LogP contribution in [0.2, 0.25) is 0 Å². The molecule has 1 heterocycles. The number of unbranched alkanes of at least 4 members (excludes halogenated alkanes) is 1. The number of nitrogens with zero attached hydrogens (tertiary/aromatic N) is 1. The van der Waals surface area contributed by atoms with Crippen molar-refractivity contribution in [2.45, 2.75) is 57.4 Å². The zero-order valence-corrected chi connectivity index (χ0v) is 10.3. The van der Waals surface area contributed by atoms with Crippen LogP contribution in [-0.4, -0.2) is 10.5 Å². The first-order valence-electron chi connectivity index (χ1n) is 5.94. The van der Waals surface area contributed by atoms with Gasteiger partial charge in [-0.25, -0.2) is 4.98 Å². The van der Waals surface area contributed by atoms with Crippen LogP contribution in [0, 0.1) is 0 Å². The van der Waals surface area contributed by atoms with Crippen molar-refractivity contribution >= 4 is 11.3 Å². The molecule has 84 valence electrons. The summed E-state index contributed by atoms with van der Waals surface area (Å²) in [5.41, 5.74) is 7.50. The minimum atomic E-state index is 0.0795. The maximum absolute atomic E-state index is 6.21. The van der Waals surface area contributed by atoms with Crippen LogP contribution < -0.4 is 5.73 Å². The van der Waals surface area contributed by atoms with Crippen molar-refractivity contribution in [2.24, 2.45) is 5.73 Å². The lowest BCUT2D eigenvalue weighted by Gasteiger charge is -2.37. The third-order valence-electron chi connectivity index (χ3n) is 3.23. The van der Waals surface area contributed by atoms with E-state index in [1.807, 2.05) is 0 Å². The molecule has 0 spiro atoms. The van der Waals surface area contributed by atoms with E-state index >= 15 is 0 Å². The second kappa shape index (κ2) is 4.62. The van der Waals surface area contributed by atoms with Crippen molar-refractivity contribution in [3.63, 3.8) is 0 Å². The molecule has 1 aromatic rings. The molecule has 0 radical (unpaired) electrons. The van der Waals surface area contributed by atoms with Crippen LogP contribution >= 0.6 is 11.3 Å². The predicted molar refractivity (Wildman–Crippen MR) is 65.2 cm³/mol. The van der Waals surface area contributed by atoms with E-state index in [0.29, 0.717) is 0 Å². The average Bonchev–Trinajstić information content (AvgIpc) is 2.60. The van der Waals surface area contributed by atoms with E-state index < -0.39 is 0 Å². The number of rotatable bonds is 5. The molecule has 2 N–H and O–H groups in total. The van der Waals surface area contributed by atoms with Gasteiger partial charge in [0.2, 0.25) is 0 Å². The highest BCUT2D eigenvalue weighted by atomic mass is 32.1. The first kappa shape index (κ1) is 11.1. The predicted octanol–water partition coefficient (Wildman–Crippen LogP) is 2.91. The molecule has 1 aromatic heterocycles. The molecule has 0 bridgehead atoms. The first-order chi connectivity index (χ1) is 7.22. The molecule has 0 saturated heterocycles. The monoisotopic (exact) mass is 224 g/mol. The lowest BCUT2D eigenvalue weighted by Crippen LogP contribution is -2.48. The fourth-order valence-corrected chi connectivity index (χ4v) is 2.88. The van der Waals surface area contributed by atoms with E-state index in [4.69, 9.17) is 5.73 Å². The van der Waals surface area contributed by atoms with E-state index in [9.17, 15) is 0 Å². The molecule has 1 aliphatic carbocycles. The number of aromatic nitrogens is 1. The Hall–Kier alpha value is -0.410. The summed E-state index contributed by atoms with van der Waals surface area (Å²) in [5, 5.41) is 3.48. The molecule has 2 rings (SSSR count). The second-order valence-electron chi connectivity index (χ2n) is 4.73. The van der Waals surface area contributed by atoms with Crippen LogP contribution in [0.15, 0.2) is 5.38 Å². The van der Waals surface area contributed by atoms with Crippen LogP contribution in [0.25, 0.3) is 0 Å². The largest absolute Gasteiger partial charge is 0.325 e. The Kier molecular flexibility index (Phi) is 3.42. The minimum absolute atomic E-state index is 0.0795. The molecule has 1 aliphatic rings. The van der Waals surface area contributed by atoms with Crippen molar-refractivity contribution in [1.82, 2.24) is 4.98 Å². The van der Waals surface area contributed by atoms with Gasteiger partial charge in [0.05, 0.1) is 10.7 Å². The lowest BCUT2D eigenvalue weighted by atomic mass is 9.75. The van der Waals surface area contributed by atoms with Gasteiger partial charge < -0.3 is 5.73 Å². The Labute approximate surface area is 95.9 Å². The molecule has 0 amide bonds. The Balaban J connectivity index is 1.89. The summed E-state index contributed by atoms with van der Waals surface area (Å²) in [5.74, 6) is 0. The van der Waals surface area contributed by atoms with Gasteiger partial charge in [-0.05, 0) is 32.1 Å². The number of thiazole rings is 1. The molecule has 0 unspecified atom stereocenters. The highest BCUT2D eigenvalue weighted by Gasteiger charge is 2.33. The Morgan fingerprint density at radius 2 is 2.33 bits per heavy atom. The maximum Gasteiger partial charge on any atom is 0.0928 e. The van der Waals surface area contributed by atoms with Gasteiger partial charge >= 0.3 is 0 Å². The van der Waals surface area contributed by atoms with Gasteiger partial charge in [-0.2, -0.15) is 0 Å². The summed E-state index contributed by atoms with van der Waals surface area (Å²) in [4.78, 5) is 4.65. The number of hydrogen-bond donors (Lipinski definition) is 1. The quantitative estimate of drug-likeness (QED) is 0.835. The highest BCUT2D eigenvalue weighted by molar-refractivity contribution is 7.09. The summed E-state index contributed by atoms with van der Waals surface area (Å²) < 4.78 is 0. The standard InChI is InChI=1S/C12H20N2S/c1-2-3-5-11-14-10(9-15-11)8-12(13)6-4-7-12/h9H,2-8,13H2,1H3. The number of nitrogens with two attached hydrogens (primary N) is 1. The van der Waals surface area contributed by atoms with E-state index in [-0.39, 0.29) is 5.54 Å². The van der Waals surface area contributed by atoms with Gasteiger partial charge in [-0.1, -0.05) is 13.3 Å². The summed E-state index contributed by atoms with van der Waals surface area (Å²) in [6.07, 6.45) is 8.26. The highest BCUT2D eigenvalue weighted by Crippen LogP contribution is 2.32. The van der Waals surface area contributed by atoms with Crippen LogP contribution in [-0.2, 0) is 12.8 Å². The van der Waals surface area contributed by atoms with Crippen LogP contribution in [0.1, 0.15) is 49.7 Å². The topological polar surface area (TPSA) is 38.9 Å². The zero-order valence-electron chi connectivity index (χ0n) is 9.46. The Morgan fingerprint density at radius 1 is 1.53 bits per heavy atom. The molecular formula is C12H20N2S. The van der Waals surface area contributed by atoms with Gasteiger partial charge in [0, 0.05) is 17.3 Å². The zero-order chi connectivity index (χ0) is 10.7. The minimum Gasteiger partial charge on any atom is -0.325 e. The molecule has 15 heavy (non-hydrogen) atoms. The molecule has 0 aromatic carbocycles. The Morgan fingerprint density at radius 3 is 2.93 bits per heavy atom. The van der Waals surface area contributed by atoms with Gasteiger partial charge in [0.15, 0.2) is 0 Å². The fraction of sp³-hybridized carbons (Fsp3) is 0.750. The van der Waals surface area contributed by atoms with Gasteiger partial charge in [-0.15, -0.1) is 11.3 Å². The third kappa shape index (κ3) is 2.79. The van der Waals surface area contributed by atoms with Gasteiger partial charge in [-0.3, -0.25) is 0 Å². The van der Waals surface area contributed by atoms with Gasteiger partial charge in [0.25, 0.3) is 0 Å². The summed E-state index contributed by atoms with van der Waals surface area (Å²) in [6, 6.07) is 0. The molecule has 0 aliphatic heterocycles.